The van der Waals surface area contributed by atoms with E-state index in [9.17, 15) is 0 Å². The molecule has 0 aliphatic carbocycles. The molecular formula is C17H23N3S. The minimum Gasteiger partial charge on any atom is -0.354 e. The molecule has 1 N–H and O–H groups in total. The van der Waals surface area contributed by atoms with E-state index in [1.165, 1.54) is 11.1 Å². The summed E-state index contributed by atoms with van der Waals surface area (Å²) in [7, 11) is 0. The summed E-state index contributed by atoms with van der Waals surface area (Å²) in [6, 6.07) is 10.7. The molecule has 112 valence electrons. The van der Waals surface area contributed by atoms with Gasteiger partial charge in [0.05, 0.1) is 0 Å². The van der Waals surface area contributed by atoms with Crippen molar-refractivity contribution in [3.05, 3.63) is 52.8 Å². The van der Waals surface area contributed by atoms with Gasteiger partial charge in [-0.25, -0.2) is 9.97 Å². The number of hydrogen-bond donors (Lipinski definition) is 1. The Hall–Kier alpha value is -1.55. The van der Waals surface area contributed by atoms with Gasteiger partial charge >= 0.3 is 0 Å². The van der Waals surface area contributed by atoms with Crippen molar-refractivity contribution in [2.24, 2.45) is 0 Å². The van der Waals surface area contributed by atoms with Crippen molar-refractivity contribution >= 4 is 17.7 Å². The second-order valence-corrected chi connectivity index (χ2v) is 6.40. The summed E-state index contributed by atoms with van der Waals surface area (Å²) in [4.78, 5) is 8.76. The lowest BCUT2D eigenvalue weighted by molar-refractivity contribution is 0.945. The van der Waals surface area contributed by atoms with Crippen LogP contribution in [0.25, 0.3) is 0 Å². The summed E-state index contributed by atoms with van der Waals surface area (Å²) in [6.07, 6.45) is 1.12. The minimum absolute atomic E-state index is 0.746. The molecule has 0 aliphatic heterocycles. The molecule has 0 unspecified atom stereocenters. The maximum Gasteiger partial charge on any atom is 0.223 e. The fraction of sp³-hybridized carbons (Fsp3) is 0.412. The second-order valence-electron chi connectivity index (χ2n) is 5.30. The van der Waals surface area contributed by atoms with Gasteiger partial charge in [-0.3, -0.25) is 0 Å². The highest BCUT2D eigenvalue weighted by Crippen LogP contribution is 2.14. The topological polar surface area (TPSA) is 37.8 Å². The third-order valence-electron chi connectivity index (χ3n) is 3.08. The van der Waals surface area contributed by atoms with E-state index in [1.54, 1.807) is 0 Å². The molecule has 2 rings (SSSR count). The van der Waals surface area contributed by atoms with Crippen LogP contribution < -0.4 is 5.32 Å². The van der Waals surface area contributed by atoms with Crippen molar-refractivity contribution in [3.63, 3.8) is 0 Å². The Labute approximate surface area is 131 Å². The molecule has 0 amide bonds. The first kappa shape index (κ1) is 15.8. The molecule has 0 radical (unpaired) electrons. The molecule has 1 heterocycles. The Balaban J connectivity index is 1.64. The molecule has 4 heteroatoms. The van der Waals surface area contributed by atoms with Gasteiger partial charge in [0.25, 0.3) is 0 Å². The molecule has 0 saturated heterocycles. The smallest absolute Gasteiger partial charge is 0.223 e. The predicted molar refractivity (Wildman–Crippen MR) is 92.0 cm³/mol. The predicted octanol–water partition coefficient (Wildman–Crippen LogP) is 4.14. The van der Waals surface area contributed by atoms with Crippen molar-refractivity contribution in [2.75, 3.05) is 17.6 Å². The average Bonchev–Trinajstić information content (AvgIpc) is 2.42. The molecule has 0 fully saturated rings. The van der Waals surface area contributed by atoms with E-state index in [2.05, 4.69) is 46.5 Å². The van der Waals surface area contributed by atoms with E-state index >= 15 is 0 Å². The summed E-state index contributed by atoms with van der Waals surface area (Å²) in [6.45, 7) is 7.06. The van der Waals surface area contributed by atoms with Crippen molar-refractivity contribution in [1.29, 1.82) is 0 Å². The normalized spacial score (nSPS) is 10.6. The summed E-state index contributed by atoms with van der Waals surface area (Å²) in [5.41, 5.74) is 4.77. The molecular weight excluding hydrogens is 278 g/mol. The fourth-order valence-corrected chi connectivity index (χ4v) is 3.08. The van der Waals surface area contributed by atoms with Crippen LogP contribution in [0, 0.1) is 20.8 Å². The van der Waals surface area contributed by atoms with E-state index < -0.39 is 0 Å². The maximum absolute atomic E-state index is 4.38. The van der Waals surface area contributed by atoms with Crippen LogP contribution in [0.2, 0.25) is 0 Å². The second kappa shape index (κ2) is 8.03. The lowest BCUT2D eigenvalue weighted by Gasteiger charge is -2.07. The van der Waals surface area contributed by atoms with Crippen molar-refractivity contribution < 1.29 is 0 Å². The van der Waals surface area contributed by atoms with Crippen LogP contribution >= 0.6 is 11.8 Å². The van der Waals surface area contributed by atoms with Gasteiger partial charge < -0.3 is 5.32 Å². The van der Waals surface area contributed by atoms with E-state index in [4.69, 9.17) is 0 Å². The summed E-state index contributed by atoms with van der Waals surface area (Å²) in [5.74, 6) is 2.98. The minimum atomic E-state index is 0.746. The lowest BCUT2D eigenvalue weighted by atomic mass is 10.2. The molecule has 0 spiro atoms. The van der Waals surface area contributed by atoms with Gasteiger partial charge in [-0.15, -0.1) is 0 Å². The molecule has 0 saturated carbocycles. The highest BCUT2D eigenvalue weighted by atomic mass is 32.2. The number of nitrogens with one attached hydrogen (secondary N) is 1. The van der Waals surface area contributed by atoms with Gasteiger partial charge in [0, 0.05) is 23.7 Å². The number of aromatic nitrogens is 2. The molecule has 0 bridgehead atoms. The third kappa shape index (κ3) is 5.76. The first-order valence-electron chi connectivity index (χ1n) is 7.33. The molecule has 0 aliphatic rings. The summed E-state index contributed by atoms with van der Waals surface area (Å²) < 4.78 is 0. The Morgan fingerprint density at radius 2 is 1.81 bits per heavy atom. The third-order valence-corrected chi connectivity index (χ3v) is 4.20. The number of rotatable bonds is 7. The van der Waals surface area contributed by atoms with E-state index in [0.717, 1.165) is 41.8 Å². The van der Waals surface area contributed by atoms with E-state index in [-0.39, 0.29) is 0 Å². The Morgan fingerprint density at radius 1 is 1.05 bits per heavy atom. The zero-order chi connectivity index (χ0) is 15.1. The zero-order valence-corrected chi connectivity index (χ0v) is 13.8. The number of aryl methyl sites for hydroxylation is 3. The highest BCUT2D eigenvalue weighted by molar-refractivity contribution is 7.98. The number of thioether (sulfide) groups is 1. The standard InChI is InChI=1S/C17H23N3S/c1-13-6-4-7-16(10-13)12-21-9-5-8-18-17-19-14(2)11-15(3)20-17/h4,6-7,10-11H,5,8-9,12H2,1-3H3,(H,18,19,20). The van der Waals surface area contributed by atoms with Gasteiger partial charge in [0.2, 0.25) is 5.95 Å². The van der Waals surface area contributed by atoms with Crippen LogP contribution in [-0.2, 0) is 5.75 Å². The largest absolute Gasteiger partial charge is 0.354 e. The monoisotopic (exact) mass is 301 g/mol. The van der Waals surface area contributed by atoms with Crippen LogP contribution in [0.4, 0.5) is 5.95 Å². The van der Waals surface area contributed by atoms with Crippen molar-refractivity contribution in [1.82, 2.24) is 9.97 Å². The first-order valence-corrected chi connectivity index (χ1v) is 8.48. The SMILES string of the molecule is Cc1cccc(CSCCCNc2nc(C)cc(C)n2)c1. The summed E-state index contributed by atoms with van der Waals surface area (Å²) >= 11 is 1.98. The molecule has 1 aromatic heterocycles. The Bertz CT molecular complexity index is 564. The highest BCUT2D eigenvalue weighted by Gasteiger charge is 1.99. The average molecular weight is 301 g/mol. The van der Waals surface area contributed by atoms with E-state index in [1.807, 2.05) is 31.7 Å². The molecule has 21 heavy (non-hydrogen) atoms. The van der Waals surface area contributed by atoms with Gasteiger partial charge in [0.1, 0.15) is 0 Å². The van der Waals surface area contributed by atoms with Crippen molar-refractivity contribution in [2.45, 2.75) is 32.9 Å². The van der Waals surface area contributed by atoms with Crippen molar-refractivity contribution in [3.8, 4) is 0 Å². The molecule has 0 atom stereocenters. The number of hydrogen-bond acceptors (Lipinski definition) is 4. The van der Waals surface area contributed by atoms with Crippen LogP contribution in [0.15, 0.2) is 30.3 Å². The molecule has 2 aromatic rings. The van der Waals surface area contributed by atoms with E-state index in [0.29, 0.717) is 0 Å². The van der Waals surface area contributed by atoms with Crippen LogP contribution in [0.3, 0.4) is 0 Å². The van der Waals surface area contributed by atoms with Crippen LogP contribution in [-0.4, -0.2) is 22.3 Å². The lowest BCUT2D eigenvalue weighted by Crippen LogP contribution is -2.07. The van der Waals surface area contributed by atoms with Crippen LogP contribution in [0.1, 0.15) is 28.9 Å². The number of nitrogens with zero attached hydrogens (tertiary/aromatic N) is 2. The van der Waals surface area contributed by atoms with Gasteiger partial charge in [-0.1, -0.05) is 29.8 Å². The molecule has 1 aromatic carbocycles. The Morgan fingerprint density at radius 3 is 2.52 bits per heavy atom. The number of benzene rings is 1. The quantitative estimate of drug-likeness (QED) is 0.780. The zero-order valence-electron chi connectivity index (χ0n) is 13.0. The Kier molecular flexibility index (Phi) is 6.05. The summed E-state index contributed by atoms with van der Waals surface area (Å²) in [5, 5.41) is 3.30. The van der Waals surface area contributed by atoms with Crippen LogP contribution in [0.5, 0.6) is 0 Å². The van der Waals surface area contributed by atoms with Gasteiger partial charge in [-0.2, -0.15) is 11.8 Å². The maximum atomic E-state index is 4.38. The fourth-order valence-electron chi connectivity index (χ4n) is 2.17. The van der Waals surface area contributed by atoms with Gasteiger partial charge in [0.15, 0.2) is 0 Å². The van der Waals surface area contributed by atoms with Gasteiger partial charge in [-0.05, 0) is 44.6 Å². The first-order chi connectivity index (χ1) is 10.1. The molecule has 3 nitrogen and oxygen atoms in total. The number of anilines is 1.